The lowest BCUT2D eigenvalue weighted by molar-refractivity contribution is -0.123. The van der Waals surface area contributed by atoms with E-state index in [-0.39, 0.29) is 17.9 Å². The molecule has 0 aliphatic heterocycles. The van der Waals surface area contributed by atoms with Crippen LogP contribution in [0.25, 0.3) is 0 Å². The molecule has 22 heavy (non-hydrogen) atoms. The number of amides is 1. The first-order chi connectivity index (χ1) is 10.7. The van der Waals surface area contributed by atoms with Gasteiger partial charge in [-0.2, -0.15) is 0 Å². The molecule has 0 radical (unpaired) electrons. The minimum absolute atomic E-state index is 0.0142. The number of rotatable bonds is 5. The number of ether oxygens (including phenoxy) is 1. The summed E-state index contributed by atoms with van der Waals surface area (Å²) >= 11 is 0. The number of hydrogen-bond donors (Lipinski definition) is 1. The van der Waals surface area contributed by atoms with Crippen LogP contribution in [0.1, 0.15) is 36.4 Å². The molecule has 1 aliphatic rings. The number of methoxy groups -OCH3 is 1. The van der Waals surface area contributed by atoms with Crippen LogP contribution in [-0.2, 0) is 4.79 Å². The van der Waals surface area contributed by atoms with Crippen LogP contribution in [0.15, 0.2) is 54.6 Å². The predicted molar refractivity (Wildman–Crippen MR) is 86.8 cm³/mol. The Balaban J connectivity index is 1.60. The Labute approximate surface area is 131 Å². The van der Waals surface area contributed by atoms with Crippen molar-refractivity contribution in [2.45, 2.75) is 25.3 Å². The number of carbonyl (C=O) groups excluding carboxylic acids is 1. The van der Waals surface area contributed by atoms with E-state index < -0.39 is 0 Å². The van der Waals surface area contributed by atoms with Crippen LogP contribution in [0.2, 0.25) is 0 Å². The Morgan fingerprint density at radius 1 is 1.18 bits per heavy atom. The lowest BCUT2D eigenvalue weighted by Crippen LogP contribution is -2.28. The smallest absolute Gasteiger partial charge is 0.224 e. The molecule has 1 aliphatic carbocycles. The third kappa shape index (κ3) is 3.14. The lowest BCUT2D eigenvalue weighted by Gasteiger charge is -2.15. The molecule has 0 saturated heterocycles. The van der Waals surface area contributed by atoms with Crippen LogP contribution in [-0.4, -0.2) is 13.0 Å². The van der Waals surface area contributed by atoms with Crippen LogP contribution in [0.4, 0.5) is 0 Å². The normalized spacial score (nSPS) is 21.0. The summed E-state index contributed by atoms with van der Waals surface area (Å²) in [5, 5.41) is 3.11. The van der Waals surface area contributed by atoms with Crippen molar-refractivity contribution in [2.24, 2.45) is 5.92 Å². The summed E-state index contributed by atoms with van der Waals surface area (Å²) in [5.41, 5.74) is 2.32. The van der Waals surface area contributed by atoms with E-state index in [1.54, 1.807) is 7.11 Å². The van der Waals surface area contributed by atoms with E-state index in [2.05, 4.69) is 17.4 Å². The van der Waals surface area contributed by atoms with Crippen LogP contribution in [0.3, 0.4) is 0 Å². The summed E-state index contributed by atoms with van der Waals surface area (Å²) in [6.45, 7) is 2.01. The summed E-state index contributed by atoms with van der Waals surface area (Å²) in [6.07, 6.45) is 0.945. The lowest BCUT2D eigenvalue weighted by atomic mass is 10.1. The van der Waals surface area contributed by atoms with Crippen molar-refractivity contribution in [1.29, 1.82) is 0 Å². The molecule has 2 aromatic rings. The van der Waals surface area contributed by atoms with E-state index in [4.69, 9.17) is 4.74 Å². The summed E-state index contributed by atoms with van der Waals surface area (Å²) in [6, 6.07) is 18.1. The molecular formula is C19H21NO2. The van der Waals surface area contributed by atoms with E-state index in [0.29, 0.717) is 5.92 Å². The number of nitrogens with one attached hydrogen (secondary N) is 1. The highest BCUT2D eigenvalue weighted by Gasteiger charge is 2.44. The standard InChI is InChI=1S/C19H21NO2/c1-13(15-9-6-10-16(11-15)22-2)20-19(21)18-12-17(18)14-7-4-3-5-8-14/h3-11,13,17-18H,12H2,1-2H3,(H,20,21)/t13?,17-,18+/m0/s1. The number of hydrogen-bond acceptors (Lipinski definition) is 2. The summed E-state index contributed by atoms with van der Waals surface area (Å²) in [7, 11) is 1.65. The molecule has 1 amide bonds. The van der Waals surface area contributed by atoms with Crippen molar-refractivity contribution in [2.75, 3.05) is 7.11 Å². The topological polar surface area (TPSA) is 38.3 Å². The first-order valence-corrected chi connectivity index (χ1v) is 7.68. The maximum atomic E-state index is 12.4. The van der Waals surface area contributed by atoms with Crippen molar-refractivity contribution in [3.63, 3.8) is 0 Å². The third-order valence-electron chi connectivity index (χ3n) is 4.31. The Bertz CT molecular complexity index is 653. The minimum atomic E-state index is -0.0142. The van der Waals surface area contributed by atoms with Crippen molar-refractivity contribution >= 4 is 5.91 Å². The van der Waals surface area contributed by atoms with Crippen LogP contribution in [0, 0.1) is 5.92 Å². The quantitative estimate of drug-likeness (QED) is 0.914. The Morgan fingerprint density at radius 3 is 2.68 bits per heavy atom. The third-order valence-corrected chi connectivity index (χ3v) is 4.31. The molecular weight excluding hydrogens is 274 g/mol. The van der Waals surface area contributed by atoms with Gasteiger partial charge in [-0.25, -0.2) is 0 Å². The SMILES string of the molecule is COc1cccc(C(C)NC(=O)[C@@H]2C[C@H]2c2ccccc2)c1. The molecule has 3 rings (SSSR count). The van der Waals surface area contributed by atoms with Gasteiger partial charge in [-0.05, 0) is 42.5 Å². The van der Waals surface area contributed by atoms with Crippen LogP contribution in [0.5, 0.6) is 5.75 Å². The second-order valence-electron chi connectivity index (χ2n) is 5.87. The molecule has 3 atom stereocenters. The zero-order valence-corrected chi connectivity index (χ0v) is 13.0. The van der Waals surface area contributed by atoms with Gasteiger partial charge in [-0.15, -0.1) is 0 Å². The zero-order valence-electron chi connectivity index (χ0n) is 13.0. The Morgan fingerprint density at radius 2 is 1.95 bits per heavy atom. The summed E-state index contributed by atoms with van der Waals surface area (Å²) < 4.78 is 5.23. The number of carbonyl (C=O) groups is 1. The number of benzene rings is 2. The van der Waals surface area contributed by atoms with Gasteiger partial charge in [0.1, 0.15) is 5.75 Å². The maximum Gasteiger partial charge on any atom is 0.224 e. The fourth-order valence-corrected chi connectivity index (χ4v) is 2.87. The molecule has 3 heteroatoms. The second-order valence-corrected chi connectivity index (χ2v) is 5.87. The highest BCUT2D eigenvalue weighted by atomic mass is 16.5. The minimum Gasteiger partial charge on any atom is -0.497 e. The predicted octanol–water partition coefficient (Wildman–Crippen LogP) is 3.68. The van der Waals surface area contributed by atoms with Gasteiger partial charge >= 0.3 is 0 Å². The van der Waals surface area contributed by atoms with Gasteiger partial charge in [0.15, 0.2) is 0 Å². The molecule has 0 spiro atoms. The van der Waals surface area contributed by atoms with E-state index >= 15 is 0 Å². The molecule has 1 N–H and O–H groups in total. The van der Waals surface area contributed by atoms with Crippen molar-refractivity contribution in [3.05, 3.63) is 65.7 Å². The van der Waals surface area contributed by atoms with Gasteiger partial charge in [0.05, 0.1) is 13.2 Å². The molecule has 1 fully saturated rings. The van der Waals surface area contributed by atoms with Crippen LogP contribution >= 0.6 is 0 Å². The summed E-state index contributed by atoms with van der Waals surface area (Å²) in [5.74, 6) is 1.44. The highest BCUT2D eigenvalue weighted by Crippen LogP contribution is 2.47. The Kier molecular flexibility index (Phi) is 4.14. The zero-order chi connectivity index (χ0) is 15.5. The monoisotopic (exact) mass is 295 g/mol. The fourth-order valence-electron chi connectivity index (χ4n) is 2.87. The van der Waals surface area contributed by atoms with E-state index in [0.717, 1.165) is 17.7 Å². The Hall–Kier alpha value is -2.29. The van der Waals surface area contributed by atoms with E-state index in [9.17, 15) is 4.79 Å². The van der Waals surface area contributed by atoms with Crippen molar-refractivity contribution in [1.82, 2.24) is 5.32 Å². The molecule has 1 unspecified atom stereocenters. The first kappa shape index (κ1) is 14.6. The largest absolute Gasteiger partial charge is 0.497 e. The average molecular weight is 295 g/mol. The molecule has 114 valence electrons. The molecule has 2 aromatic carbocycles. The van der Waals surface area contributed by atoms with Crippen molar-refractivity contribution in [3.8, 4) is 5.75 Å². The molecule has 3 nitrogen and oxygen atoms in total. The van der Waals surface area contributed by atoms with Crippen molar-refractivity contribution < 1.29 is 9.53 Å². The van der Waals surface area contributed by atoms with Gasteiger partial charge in [-0.3, -0.25) is 4.79 Å². The summed E-state index contributed by atoms with van der Waals surface area (Å²) in [4.78, 5) is 12.4. The van der Waals surface area contributed by atoms with Gasteiger partial charge in [0, 0.05) is 5.92 Å². The van der Waals surface area contributed by atoms with Gasteiger partial charge < -0.3 is 10.1 Å². The second kappa shape index (κ2) is 6.22. The molecule has 0 bridgehead atoms. The maximum absolute atomic E-state index is 12.4. The van der Waals surface area contributed by atoms with Gasteiger partial charge in [0.25, 0.3) is 0 Å². The molecule has 1 saturated carbocycles. The van der Waals surface area contributed by atoms with Gasteiger partial charge in [0.2, 0.25) is 5.91 Å². The average Bonchev–Trinajstić information content (AvgIpc) is 3.36. The molecule has 0 aromatic heterocycles. The van der Waals surface area contributed by atoms with Crippen LogP contribution < -0.4 is 10.1 Å². The molecule has 0 heterocycles. The fraction of sp³-hybridized carbons (Fsp3) is 0.316. The highest BCUT2D eigenvalue weighted by molar-refractivity contribution is 5.83. The van der Waals surface area contributed by atoms with E-state index in [1.165, 1.54) is 5.56 Å². The van der Waals surface area contributed by atoms with Gasteiger partial charge in [-0.1, -0.05) is 42.5 Å². The first-order valence-electron chi connectivity index (χ1n) is 7.68. The van der Waals surface area contributed by atoms with E-state index in [1.807, 2.05) is 49.4 Å².